The second-order valence-electron chi connectivity index (χ2n) is 8.15. The highest BCUT2D eigenvalue weighted by Gasteiger charge is 2.30. The Kier molecular flexibility index (Phi) is 7.88. The van der Waals surface area contributed by atoms with Crippen molar-refractivity contribution in [2.45, 2.75) is 19.9 Å². The first-order valence-electron chi connectivity index (χ1n) is 11.3. The van der Waals surface area contributed by atoms with Gasteiger partial charge in [-0.25, -0.2) is 18.0 Å². The van der Waals surface area contributed by atoms with E-state index in [1.165, 1.54) is 13.2 Å². The molecule has 0 saturated heterocycles. The van der Waals surface area contributed by atoms with Gasteiger partial charge in [-0.1, -0.05) is 24.6 Å². The van der Waals surface area contributed by atoms with Gasteiger partial charge in [0.05, 0.1) is 35.0 Å². The van der Waals surface area contributed by atoms with Gasteiger partial charge in [0.1, 0.15) is 11.3 Å². The fraction of sp³-hybridized carbons (Fsp3) is 0.148. The summed E-state index contributed by atoms with van der Waals surface area (Å²) in [6.07, 6.45) is 1.52. The number of anilines is 1. The summed E-state index contributed by atoms with van der Waals surface area (Å²) < 4.78 is 79.0. The van der Waals surface area contributed by atoms with Crippen LogP contribution in [0.4, 0.5) is 27.6 Å². The Balaban J connectivity index is 1.84. The van der Waals surface area contributed by atoms with Crippen molar-refractivity contribution >= 4 is 34.2 Å². The monoisotopic (exact) mass is 561 g/mol. The molecule has 0 atom stereocenters. The number of methoxy groups -OCH3 is 1. The number of carbonyl (C=O) groups excluding carboxylic acids is 1. The summed E-state index contributed by atoms with van der Waals surface area (Å²) in [5.74, 6) is -14.3. The average Bonchev–Trinajstić information content (AvgIpc) is 2.95. The minimum atomic E-state index is -2.39. The molecule has 0 bridgehead atoms. The molecule has 4 aromatic rings. The molecule has 4 rings (SSSR count). The van der Waals surface area contributed by atoms with Gasteiger partial charge in [0.15, 0.2) is 0 Å². The van der Waals surface area contributed by atoms with E-state index in [0.29, 0.717) is 33.8 Å². The van der Waals surface area contributed by atoms with E-state index in [1.807, 2.05) is 13.0 Å². The van der Waals surface area contributed by atoms with Gasteiger partial charge in [-0.15, -0.1) is 0 Å². The van der Waals surface area contributed by atoms with Crippen LogP contribution < -0.4 is 14.8 Å². The van der Waals surface area contributed by atoms with Gasteiger partial charge in [0.2, 0.25) is 34.8 Å². The van der Waals surface area contributed by atoms with Crippen LogP contribution in [0.2, 0.25) is 5.02 Å². The quantitative estimate of drug-likeness (QED) is 0.0872. The number of rotatable bonds is 7. The number of hydrogen-bond acceptors (Lipinski definition) is 6. The highest BCUT2D eigenvalue weighted by Crippen LogP contribution is 2.34. The number of hydrogen-bond donors (Lipinski definition) is 1. The smallest absolute Gasteiger partial charge is 0.347 e. The minimum Gasteiger partial charge on any atom is -0.495 e. The molecule has 12 heteroatoms. The Morgan fingerprint density at radius 1 is 1.05 bits per heavy atom. The van der Waals surface area contributed by atoms with E-state index in [2.05, 4.69) is 15.0 Å². The molecular weight excluding hydrogens is 545 g/mol. The number of halogens is 6. The van der Waals surface area contributed by atoms with Crippen molar-refractivity contribution in [3.05, 3.63) is 92.9 Å². The lowest BCUT2D eigenvalue weighted by Crippen LogP contribution is -2.16. The molecule has 1 N–H and O–H groups in total. The molecule has 0 amide bonds. The van der Waals surface area contributed by atoms with E-state index >= 15 is 0 Å². The molecule has 0 radical (unpaired) electrons. The topological polar surface area (TPSA) is 84.2 Å². The van der Waals surface area contributed by atoms with Crippen LogP contribution >= 0.6 is 11.6 Å². The molecule has 1 aromatic heterocycles. The molecule has 0 aliphatic heterocycles. The van der Waals surface area contributed by atoms with E-state index in [0.717, 1.165) is 6.20 Å². The van der Waals surface area contributed by atoms with E-state index in [9.17, 15) is 32.0 Å². The molecule has 0 aliphatic rings. The number of carbonyl (C=O) groups is 1. The molecular formula is C27H17ClF5N3O3. The van der Waals surface area contributed by atoms with Gasteiger partial charge in [0.25, 0.3) is 0 Å². The third-order valence-electron chi connectivity index (χ3n) is 5.83. The van der Waals surface area contributed by atoms with Crippen LogP contribution in [0.1, 0.15) is 34.0 Å². The maximum absolute atomic E-state index is 14.2. The Hall–Kier alpha value is -4.43. The van der Waals surface area contributed by atoms with E-state index in [4.69, 9.17) is 16.3 Å². The van der Waals surface area contributed by atoms with Crippen molar-refractivity contribution in [3.63, 3.8) is 0 Å². The van der Waals surface area contributed by atoms with Crippen LogP contribution in [0.3, 0.4) is 0 Å². The van der Waals surface area contributed by atoms with Crippen molar-refractivity contribution < 1.29 is 36.2 Å². The first kappa shape index (κ1) is 27.6. The lowest BCUT2D eigenvalue weighted by atomic mass is 10.0. The molecule has 0 aliphatic carbocycles. The average molecular weight is 562 g/mol. The second kappa shape index (κ2) is 11.1. The van der Waals surface area contributed by atoms with Crippen molar-refractivity contribution in [3.8, 4) is 17.6 Å². The lowest BCUT2D eigenvalue weighted by Gasteiger charge is -2.17. The summed E-state index contributed by atoms with van der Waals surface area (Å²) in [5.41, 5.74) is 1.62. The molecule has 39 heavy (non-hydrogen) atoms. The summed E-state index contributed by atoms with van der Waals surface area (Å²) in [6, 6.07) is 9.98. The number of aryl methyl sites for hydroxylation is 1. The first-order chi connectivity index (χ1) is 18.6. The molecule has 0 unspecified atom stereocenters. The molecule has 0 saturated carbocycles. The maximum atomic E-state index is 14.2. The Morgan fingerprint density at radius 3 is 2.31 bits per heavy atom. The normalized spacial score (nSPS) is 10.8. The number of esters is 1. The largest absolute Gasteiger partial charge is 0.495 e. The summed E-state index contributed by atoms with van der Waals surface area (Å²) in [6.45, 7) is 1.89. The van der Waals surface area contributed by atoms with Gasteiger partial charge in [-0.05, 0) is 41.8 Å². The van der Waals surface area contributed by atoms with Gasteiger partial charge >= 0.3 is 5.97 Å². The van der Waals surface area contributed by atoms with Gasteiger partial charge in [-0.3, -0.25) is 4.98 Å². The minimum absolute atomic E-state index is 0.0487. The Labute approximate surface area is 223 Å². The number of nitrogens with one attached hydrogen (secondary N) is 1. The summed E-state index contributed by atoms with van der Waals surface area (Å²) in [5, 5.41) is 13.1. The molecule has 1 heterocycles. The zero-order valence-electron chi connectivity index (χ0n) is 20.3. The summed E-state index contributed by atoms with van der Waals surface area (Å²) >= 11 is 6.19. The standard InChI is InChI=1S/C27H17ClF5N3O3/c1-3-14-6-13(9-34)7-15-24(14)36-11-16(25(15)35-10-12-4-5-18(38-2)17(28)8-12)27(37)39-26-22(32)20(30)19(29)21(31)23(26)33/h4-8,11H,3,10H2,1-2H3,(H,35,36). The molecule has 3 aromatic carbocycles. The van der Waals surface area contributed by atoms with Crippen molar-refractivity contribution in [2.24, 2.45) is 0 Å². The highest BCUT2D eigenvalue weighted by atomic mass is 35.5. The molecule has 0 spiro atoms. The predicted octanol–water partition coefficient (Wildman–Crippen LogP) is 6.86. The summed E-state index contributed by atoms with van der Waals surface area (Å²) in [4.78, 5) is 17.3. The summed E-state index contributed by atoms with van der Waals surface area (Å²) in [7, 11) is 1.45. The van der Waals surface area contributed by atoms with Gasteiger partial charge < -0.3 is 14.8 Å². The predicted molar refractivity (Wildman–Crippen MR) is 132 cm³/mol. The van der Waals surface area contributed by atoms with E-state index in [1.54, 1.807) is 24.3 Å². The SMILES string of the molecule is CCc1cc(C#N)cc2c(NCc3ccc(OC)c(Cl)c3)c(C(=O)Oc3c(F)c(F)c(F)c(F)c3F)cnc12. The van der Waals surface area contributed by atoms with Crippen LogP contribution in [0.15, 0.2) is 36.5 Å². The van der Waals surface area contributed by atoms with Crippen LogP contribution in [-0.2, 0) is 13.0 Å². The zero-order valence-corrected chi connectivity index (χ0v) is 21.0. The third kappa shape index (κ3) is 5.15. The fourth-order valence-electron chi connectivity index (χ4n) is 3.89. The second-order valence-corrected chi connectivity index (χ2v) is 8.56. The van der Waals surface area contributed by atoms with Crippen LogP contribution in [0, 0.1) is 40.4 Å². The number of pyridine rings is 1. The zero-order chi connectivity index (χ0) is 28.4. The van der Waals surface area contributed by atoms with Gasteiger partial charge in [-0.2, -0.15) is 14.0 Å². The van der Waals surface area contributed by atoms with Crippen molar-refractivity contribution in [1.29, 1.82) is 5.26 Å². The maximum Gasteiger partial charge on any atom is 0.347 e. The number of nitrogens with zero attached hydrogens (tertiary/aromatic N) is 2. The Bertz CT molecular complexity index is 1640. The Morgan fingerprint density at radius 2 is 1.72 bits per heavy atom. The van der Waals surface area contributed by atoms with Crippen LogP contribution in [0.25, 0.3) is 10.9 Å². The number of aromatic nitrogens is 1. The fourth-order valence-corrected chi connectivity index (χ4v) is 4.17. The lowest BCUT2D eigenvalue weighted by molar-refractivity contribution is 0.0716. The van der Waals surface area contributed by atoms with Gasteiger partial charge in [0, 0.05) is 18.1 Å². The molecule has 200 valence electrons. The van der Waals surface area contributed by atoms with Crippen molar-refractivity contribution in [1.82, 2.24) is 4.98 Å². The van der Waals surface area contributed by atoms with E-state index < -0.39 is 40.8 Å². The van der Waals surface area contributed by atoms with E-state index in [-0.39, 0.29) is 28.7 Å². The number of benzene rings is 3. The third-order valence-corrected chi connectivity index (χ3v) is 6.13. The molecule has 6 nitrogen and oxygen atoms in total. The highest BCUT2D eigenvalue weighted by molar-refractivity contribution is 6.32. The number of ether oxygens (including phenoxy) is 2. The molecule has 0 fully saturated rings. The van der Waals surface area contributed by atoms with Crippen molar-refractivity contribution in [2.75, 3.05) is 12.4 Å². The first-order valence-corrected chi connectivity index (χ1v) is 11.6. The van der Waals surface area contributed by atoms with Crippen LogP contribution in [0.5, 0.6) is 11.5 Å². The number of fused-ring (bicyclic) bond motifs is 1. The van der Waals surface area contributed by atoms with Crippen LogP contribution in [-0.4, -0.2) is 18.1 Å². The number of nitriles is 1.